The Kier molecular flexibility index (Phi) is 3.16. The number of halogens is 2. The van der Waals surface area contributed by atoms with E-state index >= 15 is 0 Å². The van der Waals surface area contributed by atoms with Gasteiger partial charge in [-0.3, -0.25) is 0 Å². The number of hydrogen-bond donors (Lipinski definition) is 0. The highest BCUT2D eigenvalue weighted by atomic mass is 79.9. The molecule has 1 atom stereocenters. The number of allylic oxidation sites excluding steroid dienone is 7. The molecule has 1 unspecified atom stereocenters. The average Bonchev–Trinajstić information content (AvgIpc) is 2.84. The highest BCUT2D eigenvalue weighted by Gasteiger charge is 2.32. The van der Waals surface area contributed by atoms with Crippen molar-refractivity contribution in [1.82, 2.24) is 0 Å². The summed E-state index contributed by atoms with van der Waals surface area (Å²) in [4.78, 5) is 4.28. The van der Waals surface area contributed by atoms with E-state index in [4.69, 9.17) is 21.1 Å². The van der Waals surface area contributed by atoms with Crippen molar-refractivity contribution in [3.63, 3.8) is 0 Å². The number of hydrogen-bond acceptors (Lipinski definition) is 3. The first-order valence-corrected chi connectivity index (χ1v) is 8.17. The van der Waals surface area contributed by atoms with Crippen LogP contribution in [0.25, 0.3) is 0 Å². The van der Waals surface area contributed by atoms with Crippen LogP contribution in [-0.2, 0) is 9.47 Å². The SMILES string of the molecule is ClC1C=CC2=C3OCC=CC3=CC2=C2OC(CBr)=NC=C21. The molecule has 4 rings (SSSR count). The second-order valence-electron chi connectivity index (χ2n) is 4.90. The third kappa shape index (κ3) is 2.05. The molecule has 0 bridgehead atoms. The van der Waals surface area contributed by atoms with Crippen LogP contribution in [0.1, 0.15) is 0 Å². The topological polar surface area (TPSA) is 30.8 Å². The van der Waals surface area contributed by atoms with Crippen molar-refractivity contribution in [2.45, 2.75) is 5.38 Å². The van der Waals surface area contributed by atoms with Gasteiger partial charge in [0, 0.05) is 28.5 Å². The lowest BCUT2D eigenvalue weighted by Crippen LogP contribution is -2.16. The van der Waals surface area contributed by atoms with Gasteiger partial charge in [0.05, 0.1) is 10.7 Å². The Bertz CT molecular complexity index is 737. The van der Waals surface area contributed by atoms with Crippen LogP contribution in [0.15, 0.2) is 75.4 Å². The molecule has 0 aromatic rings. The van der Waals surface area contributed by atoms with Gasteiger partial charge < -0.3 is 9.47 Å². The molecule has 0 aromatic carbocycles. The van der Waals surface area contributed by atoms with Gasteiger partial charge in [0.1, 0.15) is 18.1 Å². The van der Waals surface area contributed by atoms with Gasteiger partial charge in [-0.1, -0.05) is 34.2 Å². The van der Waals surface area contributed by atoms with Crippen molar-refractivity contribution >= 4 is 33.4 Å². The summed E-state index contributed by atoms with van der Waals surface area (Å²) in [7, 11) is 0. The number of aliphatic imine (C=N–C) groups is 1. The minimum absolute atomic E-state index is 0.261. The minimum Gasteiger partial charge on any atom is -0.488 e. The smallest absolute Gasteiger partial charge is 0.205 e. The fourth-order valence-corrected chi connectivity index (χ4v) is 3.17. The molecule has 0 spiro atoms. The summed E-state index contributed by atoms with van der Waals surface area (Å²) < 4.78 is 11.7. The molecule has 4 aliphatic rings. The first-order chi connectivity index (χ1) is 10.3. The van der Waals surface area contributed by atoms with Crippen LogP contribution in [0.2, 0.25) is 0 Å². The molecule has 0 fully saturated rings. The van der Waals surface area contributed by atoms with Gasteiger partial charge >= 0.3 is 0 Å². The highest BCUT2D eigenvalue weighted by Crippen LogP contribution is 2.42. The lowest BCUT2D eigenvalue weighted by atomic mass is 10.1. The maximum absolute atomic E-state index is 6.42. The van der Waals surface area contributed by atoms with E-state index in [0.717, 1.165) is 33.8 Å². The second kappa shape index (κ2) is 5.04. The number of rotatable bonds is 1. The first-order valence-electron chi connectivity index (χ1n) is 6.61. The molecule has 21 heavy (non-hydrogen) atoms. The maximum Gasteiger partial charge on any atom is 0.205 e. The summed E-state index contributed by atoms with van der Waals surface area (Å²) >= 11 is 9.80. The summed E-state index contributed by atoms with van der Waals surface area (Å²) in [5.41, 5.74) is 3.98. The number of alkyl halides is 2. The largest absolute Gasteiger partial charge is 0.488 e. The van der Waals surface area contributed by atoms with Crippen molar-refractivity contribution in [2.75, 3.05) is 11.9 Å². The summed E-state index contributed by atoms with van der Waals surface area (Å²) in [6, 6.07) is 0. The fraction of sp³-hybridized carbons (Fsp3) is 0.188. The average molecular weight is 365 g/mol. The molecule has 0 amide bonds. The van der Waals surface area contributed by atoms with Crippen LogP contribution in [0.3, 0.4) is 0 Å². The predicted octanol–water partition coefficient (Wildman–Crippen LogP) is 3.91. The molecule has 106 valence electrons. The van der Waals surface area contributed by atoms with Crippen LogP contribution >= 0.6 is 27.5 Å². The standard InChI is InChI=1S/C16H11BrClNO2/c17-7-14-19-8-12-13(18)4-3-10-11(16(12)21-14)6-9-2-1-5-20-15(9)10/h1-4,6,8,13H,5,7H2. The maximum atomic E-state index is 6.42. The van der Waals surface area contributed by atoms with E-state index in [1.807, 2.05) is 18.2 Å². The Morgan fingerprint density at radius 2 is 2.19 bits per heavy atom. The van der Waals surface area contributed by atoms with Crippen LogP contribution in [0.5, 0.6) is 0 Å². The Labute approximate surface area is 135 Å². The molecule has 2 aliphatic carbocycles. The molecular formula is C16H11BrClNO2. The van der Waals surface area contributed by atoms with Crippen molar-refractivity contribution in [3.05, 3.63) is 70.4 Å². The summed E-state index contributed by atoms with van der Waals surface area (Å²) in [6.07, 6.45) is 11.9. The zero-order chi connectivity index (χ0) is 14.4. The number of ether oxygens (including phenoxy) is 2. The molecule has 2 aliphatic heterocycles. The van der Waals surface area contributed by atoms with E-state index < -0.39 is 0 Å². The zero-order valence-electron chi connectivity index (χ0n) is 11.0. The number of fused-ring (bicyclic) bond motifs is 3. The van der Waals surface area contributed by atoms with E-state index in [9.17, 15) is 0 Å². The molecular weight excluding hydrogens is 354 g/mol. The third-order valence-corrected chi connectivity index (χ3v) is 4.50. The van der Waals surface area contributed by atoms with E-state index in [1.54, 1.807) is 6.20 Å². The van der Waals surface area contributed by atoms with Crippen molar-refractivity contribution in [3.8, 4) is 0 Å². The van der Waals surface area contributed by atoms with Crippen molar-refractivity contribution in [2.24, 2.45) is 4.99 Å². The molecule has 0 aromatic heterocycles. The van der Waals surface area contributed by atoms with Crippen LogP contribution < -0.4 is 0 Å². The quantitative estimate of drug-likeness (QED) is 0.661. The van der Waals surface area contributed by atoms with E-state index in [-0.39, 0.29) is 5.38 Å². The first kappa shape index (κ1) is 13.2. The molecule has 0 radical (unpaired) electrons. The molecule has 2 heterocycles. The zero-order valence-corrected chi connectivity index (χ0v) is 13.3. The molecule has 0 saturated carbocycles. The lowest BCUT2D eigenvalue weighted by Gasteiger charge is -2.19. The van der Waals surface area contributed by atoms with Gasteiger partial charge in [-0.15, -0.1) is 11.6 Å². The lowest BCUT2D eigenvalue weighted by molar-refractivity contribution is 0.251. The predicted molar refractivity (Wildman–Crippen MR) is 86.4 cm³/mol. The van der Waals surface area contributed by atoms with Crippen LogP contribution in [0.4, 0.5) is 0 Å². The second-order valence-corrected chi connectivity index (χ2v) is 5.93. The van der Waals surface area contributed by atoms with E-state index in [2.05, 4.69) is 33.1 Å². The third-order valence-electron chi connectivity index (χ3n) is 3.64. The van der Waals surface area contributed by atoms with Gasteiger partial charge in [-0.05, 0) is 12.2 Å². The number of nitrogens with zero attached hydrogens (tertiary/aromatic N) is 1. The Morgan fingerprint density at radius 1 is 1.29 bits per heavy atom. The summed E-state index contributed by atoms with van der Waals surface area (Å²) in [6.45, 7) is 0.592. The summed E-state index contributed by atoms with van der Waals surface area (Å²) in [5.74, 6) is 2.29. The molecule has 3 nitrogen and oxygen atoms in total. The molecule has 5 heteroatoms. The summed E-state index contributed by atoms with van der Waals surface area (Å²) in [5, 5.41) is 0.301. The highest BCUT2D eigenvalue weighted by molar-refractivity contribution is 9.09. The Morgan fingerprint density at radius 3 is 3.05 bits per heavy atom. The van der Waals surface area contributed by atoms with Gasteiger partial charge in [-0.25, -0.2) is 4.99 Å². The molecule has 0 saturated heterocycles. The van der Waals surface area contributed by atoms with Crippen LogP contribution in [-0.4, -0.2) is 23.2 Å². The normalized spacial score (nSPS) is 26.0. The van der Waals surface area contributed by atoms with Gasteiger partial charge in [0.2, 0.25) is 5.90 Å². The van der Waals surface area contributed by atoms with Gasteiger partial charge in [0.15, 0.2) is 0 Å². The van der Waals surface area contributed by atoms with E-state index in [0.29, 0.717) is 17.8 Å². The fourth-order valence-electron chi connectivity index (χ4n) is 2.68. The molecule has 0 N–H and O–H groups in total. The van der Waals surface area contributed by atoms with E-state index in [1.165, 1.54) is 0 Å². The van der Waals surface area contributed by atoms with Crippen molar-refractivity contribution < 1.29 is 9.47 Å². The Hall–Kier alpha value is -1.52. The van der Waals surface area contributed by atoms with Crippen LogP contribution in [0, 0.1) is 0 Å². The van der Waals surface area contributed by atoms with Gasteiger partial charge in [0.25, 0.3) is 0 Å². The minimum atomic E-state index is -0.261. The van der Waals surface area contributed by atoms with Crippen molar-refractivity contribution in [1.29, 1.82) is 0 Å². The Balaban J connectivity index is 1.93. The van der Waals surface area contributed by atoms with Gasteiger partial charge in [-0.2, -0.15) is 0 Å². The monoisotopic (exact) mass is 363 g/mol.